The number of ether oxygens (including phenoxy) is 1. The lowest BCUT2D eigenvalue weighted by Gasteiger charge is -2.26. The smallest absolute Gasteiger partial charge is 0.337 e. The highest BCUT2D eigenvalue weighted by atomic mass is 32.1. The number of thiocarbonyl (C=S) groups is 1. The lowest BCUT2D eigenvalue weighted by Crippen LogP contribution is -2.31. The van der Waals surface area contributed by atoms with Gasteiger partial charge in [0.15, 0.2) is 5.11 Å². The Bertz CT molecular complexity index is 1340. The van der Waals surface area contributed by atoms with Gasteiger partial charge in [-0.1, -0.05) is 36.4 Å². The molecule has 7 nitrogen and oxygen atoms in total. The number of nitrogens with one attached hydrogen (secondary N) is 2. The fraction of sp³-hybridized carbons (Fsp3) is 0.207. The van der Waals surface area contributed by atoms with Crippen LogP contribution in [0.25, 0.3) is 11.3 Å². The zero-order valence-electron chi connectivity index (χ0n) is 20.5. The Morgan fingerprint density at radius 3 is 2.57 bits per heavy atom. The summed E-state index contributed by atoms with van der Waals surface area (Å²) in [5.74, 6) is 1.15. The maximum absolute atomic E-state index is 11.8. The Labute approximate surface area is 221 Å². The Kier molecular flexibility index (Phi) is 7.46. The number of para-hydroxylation sites is 1. The minimum Gasteiger partial charge on any atom is -0.465 e. The molecule has 1 aliphatic heterocycles. The van der Waals surface area contributed by atoms with Gasteiger partial charge in [-0.15, -0.1) is 0 Å². The molecule has 1 saturated heterocycles. The molecule has 1 aliphatic rings. The third kappa shape index (κ3) is 5.49. The Morgan fingerprint density at radius 1 is 1.05 bits per heavy atom. The molecule has 0 aliphatic carbocycles. The van der Waals surface area contributed by atoms with Crippen molar-refractivity contribution in [2.45, 2.75) is 18.5 Å². The Hall–Kier alpha value is -4.17. The van der Waals surface area contributed by atoms with E-state index in [1.54, 1.807) is 18.3 Å². The zero-order chi connectivity index (χ0) is 25.6. The molecule has 0 bridgehead atoms. The van der Waals surface area contributed by atoms with Gasteiger partial charge < -0.3 is 24.7 Å². The molecule has 0 unspecified atom stereocenters. The maximum atomic E-state index is 11.8. The summed E-state index contributed by atoms with van der Waals surface area (Å²) in [5.41, 5.74) is 3.37. The van der Waals surface area contributed by atoms with Crippen molar-refractivity contribution in [1.29, 1.82) is 0 Å². The van der Waals surface area contributed by atoms with E-state index in [-0.39, 0.29) is 18.1 Å². The highest BCUT2D eigenvalue weighted by Crippen LogP contribution is 2.40. The van der Waals surface area contributed by atoms with E-state index in [1.807, 2.05) is 60.7 Å². The standard InChI is InChI=1S/C29H28N4O3S/c1-35-28(34)21-13-11-20(12-14-21)24-15-16-25(36-24)27-26(23-10-5-6-17-31-23)32-29(37)33(27)19-7-18-30-22-8-3-2-4-9-22/h2-6,8-17,26-27,30H,7,18-19H2,1H3,(H,32,37)/t26-,27+/m1/s1. The lowest BCUT2D eigenvalue weighted by atomic mass is 10.0. The first-order chi connectivity index (χ1) is 18.1. The number of rotatable bonds is 9. The van der Waals surface area contributed by atoms with Crippen LogP contribution in [0.15, 0.2) is 95.5 Å². The number of pyridine rings is 1. The van der Waals surface area contributed by atoms with E-state index in [0.29, 0.717) is 10.7 Å². The molecule has 1 fully saturated rings. The van der Waals surface area contributed by atoms with Gasteiger partial charge in [-0.05, 0) is 67.2 Å². The number of benzene rings is 2. The van der Waals surface area contributed by atoms with Gasteiger partial charge in [0.05, 0.1) is 24.4 Å². The van der Waals surface area contributed by atoms with Crippen LogP contribution in [-0.2, 0) is 4.74 Å². The molecule has 37 heavy (non-hydrogen) atoms. The number of aromatic nitrogens is 1. The summed E-state index contributed by atoms with van der Waals surface area (Å²) < 4.78 is 11.2. The summed E-state index contributed by atoms with van der Waals surface area (Å²) in [4.78, 5) is 18.6. The first-order valence-electron chi connectivity index (χ1n) is 12.2. The molecule has 188 valence electrons. The fourth-order valence-corrected chi connectivity index (χ4v) is 4.88. The van der Waals surface area contributed by atoms with Crippen LogP contribution in [0.2, 0.25) is 0 Å². The SMILES string of the molecule is COC(=O)c1ccc(-c2ccc([C@H]3[C@@H](c4ccccn4)NC(=S)N3CCCNc3ccccc3)o2)cc1. The fourth-order valence-electron chi connectivity index (χ4n) is 4.55. The van der Waals surface area contributed by atoms with E-state index >= 15 is 0 Å². The lowest BCUT2D eigenvalue weighted by molar-refractivity contribution is 0.0600. The molecule has 0 saturated carbocycles. The molecule has 8 heteroatoms. The van der Waals surface area contributed by atoms with Gasteiger partial charge in [-0.2, -0.15) is 0 Å². The van der Waals surface area contributed by atoms with Crippen LogP contribution in [0.4, 0.5) is 5.69 Å². The molecule has 0 amide bonds. The average molecular weight is 513 g/mol. The number of hydrogen-bond donors (Lipinski definition) is 2. The van der Waals surface area contributed by atoms with Gasteiger partial charge in [0.25, 0.3) is 0 Å². The quantitative estimate of drug-likeness (QED) is 0.170. The summed E-state index contributed by atoms with van der Waals surface area (Å²) in [6, 6.07) is 26.9. The van der Waals surface area contributed by atoms with Gasteiger partial charge >= 0.3 is 5.97 Å². The highest BCUT2D eigenvalue weighted by Gasteiger charge is 2.41. The zero-order valence-corrected chi connectivity index (χ0v) is 21.3. The number of hydrogen-bond acceptors (Lipinski definition) is 6. The van der Waals surface area contributed by atoms with Crippen LogP contribution < -0.4 is 10.6 Å². The van der Waals surface area contributed by atoms with Gasteiger partial charge in [0, 0.05) is 30.5 Å². The largest absolute Gasteiger partial charge is 0.465 e. The maximum Gasteiger partial charge on any atom is 0.337 e. The predicted molar refractivity (Wildman–Crippen MR) is 147 cm³/mol. The summed E-state index contributed by atoms with van der Waals surface area (Å²) in [6.07, 6.45) is 2.69. The average Bonchev–Trinajstić information content (AvgIpc) is 3.56. The molecule has 5 rings (SSSR count). The van der Waals surface area contributed by atoms with E-state index in [4.69, 9.17) is 21.4 Å². The Morgan fingerprint density at radius 2 is 1.84 bits per heavy atom. The molecule has 2 N–H and O–H groups in total. The van der Waals surface area contributed by atoms with Crippen molar-refractivity contribution in [3.05, 3.63) is 108 Å². The van der Waals surface area contributed by atoms with E-state index in [2.05, 4.69) is 32.7 Å². The molecule has 3 heterocycles. The number of nitrogens with zero attached hydrogens (tertiary/aromatic N) is 2. The summed E-state index contributed by atoms with van der Waals surface area (Å²) in [6.45, 7) is 1.57. The minimum absolute atomic E-state index is 0.142. The second-order valence-corrected chi connectivity index (χ2v) is 9.12. The molecule has 2 aromatic carbocycles. The number of carbonyl (C=O) groups is 1. The summed E-state index contributed by atoms with van der Waals surface area (Å²) >= 11 is 5.77. The van der Waals surface area contributed by atoms with Gasteiger partial charge in [0.1, 0.15) is 17.6 Å². The van der Waals surface area contributed by atoms with Crippen molar-refractivity contribution < 1.29 is 13.9 Å². The third-order valence-corrected chi connectivity index (χ3v) is 6.74. The van der Waals surface area contributed by atoms with Crippen LogP contribution in [0.5, 0.6) is 0 Å². The number of anilines is 1. The summed E-state index contributed by atoms with van der Waals surface area (Å²) in [7, 11) is 1.37. The summed E-state index contributed by atoms with van der Waals surface area (Å²) in [5, 5.41) is 7.61. The second kappa shape index (κ2) is 11.3. The van der Waals surface area contributed by atoms with Gasteiger partial charge in [-0.25, -0.2) is 4.79 Å². The highest BCUT2D eigenvalue weighted by molar-refractivity contribution is 7.80. The first kappa shape index (κ1) is 24.5. The molecule has 2 aromatic heterocycles. The molecular weight excluding hydrogens is 484 g/mol. The topological polar surface area (TPSA) is 79.6 Å². The van der Waals surface area contributed by atoms with Gasteiger partial charge in [0.2, 0.25) is 0 Å². The Balaban J connectivity index is 1.37. The number of methoxy groups -OCH3 is 1. The van der Waals surface area contributed by atoms with Crippen molar-refractivity contribution in [2.24, 2.45) is 0 Å². The molecular formula is C29H28N4O3S. The normalized spacial score (nSPS) is 16.9. The second-order valence-electron chi connectivity index (χ2n) is 8.74. The van der Waals surface area contributed by atoms with Crippen molar-refractivity contribution in [1.82, 2.24) is 15.2 Å². The van der Waals surface area contributed by atoms with Crippen LogP contribution in [0.3, 0.4) is 0 Å². The van der Waals surface area contributed by atoms with Crippen LogP contribution in [0.1, 0.15) is 40.3 Å². The van der Waals surface area contributed by atoms with Crippen molar-refractivity contribution in [2.75, 3.05) is 25.5 Å². The van der Waals surface area contributed by atoms with Crippen molar-refractivity contribution >= 4 is 29.0 Å². The monoisotopic (exact) mass is 512 g/mol. The number of furan rings is 1. The van der Waals surface area contributed by atoms with E-state index < -0.39 is 0 Å². The van der Waals surface area contributed by atoms with E-state index in [9.17, 15) is 4.79 Å². The van der Waals surface area contributed by atoms with Crippen molar-refractivity contribution in [3.63, 3.8) is 0 Å². The van der Waals surface area contributed by atoms with Gasteiger partial charge in [-0.3, -0.25) is 4.98 Å². The van der Waals surface area contributed by atoms with E-state index in [1.165, 1.54) is 7.11 Å². The van der Waals surface area contributed by atoms with Crippen LogP contribution in [0, 0.1) is 0 Å². The predicted octanol–water partition coefficient (Wildman–Crippen LogP) is 5.60. The number of carbonyl (C=O) groups excluding carboxylic acids is 1. The molecule has 4 aromatic rings. The minimum atomic E-state index is -0.368. The molecule has 2 atom stereocenters. The van der Waals surface area contributed by atoms with Crippen LogP contribution >= 0.6 is 12.2 Å². The van der Waals surface area contributed by atoms with Crippen LogP contribution in [-0.4, -0.2) is 41.2 Å². The third-order valence-electron chi connectivity index (χ3n) is 6.39. The van der Waals surface area contributed by atoms with E-state index in [0.717, 1.165) is 48.0 Å². The van der Waals surface area contributed by atoms with Crippen molar-refractivity contribution in [3.8, 4) is 11.3 Å². The molecule has 0 spiro atoms. The first-order valence-corrected chi connectivity index (χ1v) is 12.6. The number of esters is 1. The molecule has 0 radical (unpaired) electrons.